The van der Waals surface area contributed by atoms with Crippen LogP contribution in [0.5, 0.6) is 0 Å². The first-order chi connectivity index (χ1) is 11.0. The second-order valence-corrected chi connectivity index (χ2v) is 6.54. The maximum absolute atomic E-state index is 13.2. The number of hydrogen-bond donors (Lipinski definition) is 0. The van der Waals surface area contributed by atoms with Crippen LogP contribution in [0.1, 0.15) is 11.1 Å². The Morgan fingerprint density at radius 3 is 2.96 bits per heavy atom. The van der Waals surface area contributed by atoms with E-state index in [1.54, 1.807) is 7.05 Å². The maximum atomic E-state index is 13.2. The molecule has 1 saturated heterocycles. The Labute approximate surface area is 142 Å². The highest BCUT2D eigenvalue weighted by Crippen LogP contribution is 2.29. The Kier molecular flexibility index (Phi) is 4.27. The molecule has 1 aromatic heterocycles. The number of carbonyl (C=O) groups excluding carboxylic acids is 1. The van der Waals surface area contributed by atoms with Gasteiger partial charge >= 0.3 is 6.03 Å². The van der Waals surface area contributed by atoms with Crippen molar-refractivity contribution in [2.45, 2.75) is 13.2 Å². The fraction of sp³-hybridized carbons (Fsp3) is 0.267. The van der Waals surface area contributed by atoms with Crippen LogP contribution in [0.3, 0.4) is 0 Å². The van der Waals surface area contributed by atoms with Gasteiger partial charge in [-0.15, -0.1) is 0 Å². The molecule has 0 bridgehead atoms. The van der Waals surface area contributed by atoms with Crippen molar-refractivity contribution in [2.24, 2.45) is 0 Å². The van der Waals surface area contributed by atoms with Crippen molar-refractivity contribution in [3.8, 4) is 0 Å². The number of thiazole rings is 1. The highest BCUT2D eigenvalue weighted by Gasteiger charge is 2.40. The number of rotatable bonds is 3. The summed E-state index contributed by atoms with van der Waals surface area (Å²) in [6.07, 6.45) is 0.452. The third-order valence-electron chi connectivity index (χ3n) is 3.42. The molecule has 5 nitrogen and oxygen atoms in total. The fourth-order valence-corrected chi connectivity index (χ4v) is 3.23. The molecule has 120 valence electrons. The molecule has 2 heterocycles. The van der Waals surface area contributed by atoms with E-state index in [2.05, 4.69) is 4.98 Å². The van der Waals surface area contributed by atoms with Gasteiger partial charge in [0.2, 0.25) is 6.23 Å². The van der Waals surface area contributed by atoms with E-state index < -0.39 is 11.4 Å². The molecule has 0 radical (unpaired) electrons. The van der Waals surface area contributed by atoms with Gasteiger partial charge in [-0.25, -0.2) is 14.7 Å². The minimum atomic E-state index is -0.633. The number of urea groups is 1. The zero-order valence-corrected chi connectivity index (χ0v) is 14.2. The highest BCUT2D eigenvalue weighted by molar-refractivity contribution is 7.80. The molecule has 0 N–H and O–H groups in total. The number of nitrogens with zero attached hydrogens (tertiary/aromatic N) is 3. The number of halogens is 1. The average Bonchev–Trinajstić information content (AvgIpc) is 3.03. The van der Waals surface area contributed by atoms with Gasteiger partial charge < -0.3 is 9.64 Å². The summed E-state index contributed by atoms with van der Waals surface area (Å²) < 4.78 is 19.1. The Morgan fingerprint density at radius 1 is 1.52 bits per heavy atom. The van der Waals surface area contributed by atoms with Gasteiger partial charge in [0.05, 0.1) is 12.7 Å². The lowest BCUT2D eigenvalue weighted by Gasteiger charge is -2.21. The SMILES string of the molecule is Cc1cccc(C(=S)OC2CN(C)C(=O)N2c2ncc(F)s2)c1. The normalized spacial score (nSPS) is 17.7. The van der Waals surface area contributed by atoms with Crippen LogP contribution in [-0.2, 0) is 4.74 Å². The molecule has 0 saturated carbocycles. The molecule has 1 fully saturated rings. The number of anilines is 1. The van der Waals surface area contributed by atoms with Crippen LogP contribution < -0.4 is 4.90 Å². The van der Waals surface area contributed by atoms with Gasteiger partial charge in [-0.1, -0.05) is 35.1 Å². The van der Waals surface area contributed by atoms with E-state index >= 15 is 0 Å². The van der Waals surface area contributed by atoms with Crippen molar-refractivity contribution in [3.05, 3.63) is 46.7 Å². The number of hydrogen-bond acceptors (Lipinski definition) is 5. The molecule has 0 spiro atoms. The maximum Gasteiger partial charge on any atom is 0.329 e. The van der Waals surface area contributed by atoms with Gasteiger partial charge in [0.15, 0.2) is 15.3 Å². The first kappa shape index (κ1) is 15.8. The summed E-state index contributed by atoms with van der Waals surface area (Å²) in [5.41, 5.74) is 1.83. The summed E-state index contributed by atoms with van der Waals surface area (Å²) in [5.74, 6) is 0. The quantitative estimate of drug-likeness (QED) is 0.797. The van der Waals surface area contributed by atoms with Gasteiger partial charge in [-0.3, -0.25) is 0 Å². The van der Waals surface area contributed by atoms with Crippen LogP contribution in [0.25, 0.3) is 0 Å². The molecule has 1 unspecified atom stereocenters. The lowest BCUT2D eigenvalue weighted by atomic mass is 10.1. The van der Waals surface area contributed by atoms with Crippen molar-refractivity contribution in [1.29, 1.82) is 0 Å². The Bertz CT molecular complexity index is 765. The number of benzene rings is 1. The summed E-state index contributed by atoms with van der Waals surface area (Å²) in [4.78, 5) is 19.0. The van der Waals surface area contributed by atoms with Gasteiger partial charge in [0, 0.05) is 12.6 Å². The predicted octanol–water partition coefficient (Wildman–Crippen LogP) is 3.18. The Hall–Kier alpha value is -2.06. The third-order valence-corrected chi connectivity index (χ3v) is 4.54. The lowest BCUT2D eigenvalue weighted by molar-refractivity contribution is 0.202. The van der Waals surface area contributed by atoms with Crippen LogP contribution in [-0.4, -0.2) is 40.8 Å². The predicted molar refractivity (Wildman–Crippen MR) is 90.3 cm³/mol. The molecule has 1 aromatic carbocycles. The monoisotopic (exact) mass is 351 g/mol. The molecule has 2 amide bonds. The summed E-state index contributed by atoms with van der Waals surface area (Å²) in [6, 6.07) is 7.32. The molecule has 23 heavy (non-hydrogen) atoms. The van der Waals surface area contributed by atoms with E-state index in [0.717, 1.165) is 28.7 Å². The number of aryl methyl sites for hydroxylation is 1. The minimum absolute atomic E-state index is 0.258. The summed E-state index contributed by atoms with van der Waals surface area (Å²) in [7, 11) is 1.65. The van der Waals surface area contributed by atoms with Crippen molar-refractivity contribution < 1.29 is 13.9 Å². The largest absolute Gasteiger partial charge is 0.457 e. The minimum Gasteiger partial charge on any atom is -0.457 e. The van der Waals surface area contributed by atoms with Crippen molar-refractivity contribution in [1.82, 2.24) is 9.88 Å². The molecular weight excluding hydrogens is 337 g/mol. The Balaban J connectivity index is 1.83. The molecular formula is C15H14FN3O2S2. The van der Waals surface area contributed by atoms with E-state index in [-0.39, 0.29) is 11.2 Å². The van der Waals surface area contributed by atoms with Crippen molar-refractivity contribution in [2.75, 3.05) is 18.5 Å². The molecule has 2 aromatic rings. The van der Waals surface area contributed by atoms with Crippen LogP contribution in [0.2, 0.25) is 0 Å². The van der Waals surface area contributed by atoms with E-state index in [1.165, 1.54) is 9.80 Å². The topological polar surface area (TPSA) is 45.7 Å². The zero-order chi connectivity index (χ0) is 16.6. The van der Waals surface area contributed by atoms with Gasteiger partial charge in [-0.2, -0.15) is 4.39 Å². The molecule has 3 rings (SSSR count). The van der Waals surface area contributed by atoms with Crippen LogP contribution in [0, 0.1) is 12.1 Å². The Morgan fingerprint density at radius 2 is 2.30 bits per heavy atom. The van der Waals surface area contributed by atoms with Crippen LogP contribution in [0.15, 0.2) is 30.5 Å². The van der Waals surface area contributed by atoms with Gasteiger partial charge in [0.1, 0.15) is 0 Å². The van der Waals surface area contributed by atoms with E-state index in [1.807, 2.05) is 31.2 Å². The van der Waals surface area contributed by atoms with Crippen molar-refractivity contribution in [3.63, 3.8) is 0 Å². The number of ether oxygens (including phenoxy) is 1. The fourth-order valence-electron chi connectivity index (χ4n) is 2.32. The summed E-state index contributed by atoms with van der Waals surface area (Å²) >= 11 is 6.13. The number of amides is 2. The highest BCUT2D eigenvalue weighted by atomic mass is 32.1. The number of aromatic nitrogens is 1. The molecule has 0 aliphatic carbocycles. The van der Waals surface area contributed by atoms with E-state index in [0.29, 0.717) is 11.6 Å². The van der Waals surface area contributed by atoms with Crippen LogP contribution >= 0.6 is 23.6 Å². The first-order valence-electron chi connectivity index (χ1n) is 6.89. The van der Waals surface area contributed by atoms with Crippen molar-refractivity contribution >= 4 is 39.8 Å². The zero-order valence-electron chi connectivity index (χ0n) is 12.5. The average molecular weight is 351 g/mol. The number of likely N-dealkylation sites (N-methyl/N-ethyl adjacent to an activating group) is 1. The number of carbonyl (C=O) groups is 1. The second kappa shape index (κ2) is 6.21. The standard InChI is InChI=1S/C15H14FN3O2S2/c1-9-4-3-5-10(6-9)13(22)21-12-8-18(2)15(20)19(12)14-17-7-11(16)23-14/h3-7,12H,8H2,1-2H3. The van der Waals surface area contributed by atoms with E-state index in [9.17, 15) is 9.18 Å². The number of thiocarbonyl (C=S) groups is 1. The molecule has 1 atom stereocenters. The smallest absolute Gasteiger partial charge is 0.329 e. The summed E-state index contributed by atoms with van der Waals surface area (Å²) in [6.45, 7) is 2.29. The summed E-state index contributed by atoms with van der Waals surface area (Å²) in [5, 5.41) is 0.0973. The lowest BCUT2D eigenvalue weighted by Crippen LogP contribution is -2.37. The van der Waals surface area contributed by atoms with Gasteiger partial charge in [-0.05, 0) is 25.2 Å². The van der Waals surface area contributed by atoms with Gasteiger partial charge in [0.25, 0.3) is 0 Å². The molecule has 8 heteroatoms. The molecule has 1 aliphatic rings. The van der Waals surface area contributed by atoms with E-state index in [4.69, 9.17) is 17.0 Å². The molecule has 1 aliphatic heterocycles. The first-order valence-corrected chi connectivity index (χ1v) is 8.11. The van der Waals surface area contributed by atoms with Crippen LogP contribution in [0.4, 0.5) is 14.3 Å². The third kappa shape index (κ3) is 3.18. The second-order valence-electron chi connectivity index (χ2n) is 5.21.